The van der Waals surface area contributed by atoms with E-state index >= 15 is 0 Å². The van der Waals surface area contributed by atoms with Gasteiger partial charge >= 0.3 is 6.09 Å². The first-order valence-electron chi connectivity index (χ1n) is 14.4. The highest BCUT2D eigenvalue weighted by molar-refractivity contribution is 7.88. The maximum atomic E-state index is 14.2. The summed E-state index contributed by atoms with van der Waals surface area (Å²) in [5, 5.41) is 5.90. The van der Waals surface area contributed by atoms with E-state index in [0.29, 0.717) is 13.0 Å². The normalized spacial score (nSPS) is 25.6. The Kier molecular flexibility index (Phi) is 9.14. The molecular weight excluding hydrogens is 532 g/mol. The van der Waals surface area contributed by atoms with Crippen molar-refractivity contribution in [2.24, 2.45) is 11.8 Å². The molecule has 3 aliphatic rings. The lowest BCUT2D eigenvalue weighted by atomic mass is 9.83. The van der Waals surface area contributed by atoms with Crippen LogP contribution in [-0.2, 0) is 24.3 Å². The number of nitrogens with one attached hydrogen (secondary N) is 2. The van der Waals surface area contributed by atoms with Gasteiger partial charge in [-0.15, -0.1) is 0 Å². The summed E-state index contributed by atoms with van der Waals surface area (Å²) in [4.78, 5) is 42.3. The topological polar surface area (TPSA) is 125 Å². The molecule has 10 nitrogen and oxygen atoms in total. The predicted molar refractivity (Wildman–Crippen MR) is 152 cm³/mol. The molecule has 40 heavy (non-hydrogen) atoms. The Morgan fingerprint density at radius 3 is 2.25 bits per heavy atom. The van der Waals surface area contributed by atoms with Gasteiger partial charge in [-0.25, -0.2) is 13.2 Å². The smallest absolute Gasteiger partial charge is 0.408 e. The van der Waals surface area contributed by atoms with E-state index in [-0.39, 0.29) is 30.3 Å². The number of sulfonamides is 1. The number of amides is 3. The van der Waals surface area contributed by atoms with Crippen molar-refractivity contribution >= 4 is 27.9 Å². The maximum absolute atomic E-state index is 14.2. The van der Waals surface area contributed by atoms with Crippen molar-refractivity contribution in [2.45, 2.75) is 96.0 Å². The first kappa shape index (κ1) is 30.3. The fourth-order valence-corrected chi connectivity index (χ4v) is 7.67. The zero-order chi connectivity index (χ0) is 29.2. The third kappa shape index (κ3) is 6.97. The largest absolute Gasteiger partial charge is 0.444 e. The number of benzene rings is 1. The number of rotatable bonds is 7. The molecule has 2 heterocycles. The quantitative estimate of drug-likeness (QED) is 0.514. The molecule has 1 unspecified atom stereocenters. The highest BCUT2D eigenvalue weighted by atomic mass is 32.2. The molecule has 0 bridgehead atoms. The fourth-order valence-electron chi connectivity index (χ4n) is 6.52. The fraction of sp³-hybridized carbons (Fsp3) is 0.690. The van der Waals surface area contributed by atoms with Crippen molar-refractivity contribution in [3.8, 4) is 0 Å². The van der Waals surface area contributed by atoms with Crippen LogP contribution in [0.25, 0.3) is 0 Å². The Balaban J connectivity index is 1.60. The molecule has 3 fully saturated rings. The van der Waals surface area contributed by atoms with Crippen molar-refractivity contribution < 1.29 is 27.5 Å². The molecule has 1 aromatic rings. The second kappa shape index (κ2) is 12.1. The van der Waals surface area contributed by atoms with Gasteiger partial charge in [0.1, 0.15) is 11.6 Å². The van der Waals surface area contributed by atoms with Crippen LogP contribution in [0, 0.1) is 11.8 Å². The zero-order valence-corrected chi connectivity index (χ0v) is 25.1. The van der Waals surface area contributed by atoms with E-state index in [1.54, 1.807) is 25.7 Å². The van der Waals surface area contributed by atoms with Crippen molar-refractivity contribution in [3.05, 3.63) is 35.9 Å². The number of alkyl carbamates (subject to hydrolysis) is 1. The van der Waals surface area contributed by atoms with E-state index in [4.69, 9.17) is 4.74 Å². The molecule has 4 rings (SSSR count). The maximum Gasteiger partial charge on any atom is 0.408 e. The summed E-state index contributed by atoms with van der Waals surface area (Å²) >= 11 is 0. The molecule has 0 aromatic heterocycles. The van der Waals surface area contributed by atoms with Crippen LogP contribution in [0.4, 0.5) is 4.79 Å². The van der Waals surface area contributed by atoms with Gasteiger partial charge in [-0.1, -0.05) is 49.6 Å². The monoisotopic (exact) mass is 576 g/mol. The van der Waals surface area contributed by atoms with E-state index in [1.165, 1.54) is 4.31 Å². The molecule has 0 radical (unpaired) electrons. The molecule has 1 aliphatic carbocycles. The number of nitrogens with zero attached hydrogens (tertiary/aromatic N) is 2. The van der Waals surface area contributed by atoms with Crippen LogP contribution >= 0.6 is 0 Å². The molecule has 11 heteroatoms. The second-order valence-corrected chi connectivity index (χ2v) is 14.4. The van der Waals surface area contributed by atoms with Gasteiger partial charge in [0.05, 0.1) is 24.3 Å². The Morgan fingerprint density at radius 1 is 1.00 bits per heavy atom. The number of carbonyl (C=O) groups is 3. The first-order valence-corrected chi connectivity index (χ1v) is 16.2. The van der Waals surface area contributed by atoms with Gasteiger partial charge in [0.15, 0.2) is 0 Å². The van der Waals surface area contributed by atoms with Gasteiger partial charge in [-0.05, 0) is 58.4 Å². The predicted octanol–water partition coefficient (Wildman–Crippen LogP) is 3.20. The average Bonchev–Trinajstić information content (AvgIpc) is 3.47. The van der Waals surface area contributed by atoms with E-state index in [2.05, 4.69) is 10.6 Å². The summed E-state index contributed by atoms with van der Waals surface area (Å²) in [6.07, 6.45) is 5.58. The Labute approximate surface area is 238 Å². The van der Waals surface area contributed by atoms with E-state index in [1.807, 2.05) is 37.3 Å². The molecule has 1 saturated carbocycles. The van der Waals surface area contributed by atoms with Crippen molar-refractivity contribution in [1.82, 2.24) is 19.8 Å². The van der Waals surface area contributed by atoms with Gasteiger partial charge in [0.2, 0.25) is 21.8 Å². The number of hydrogen-bond acceptors (Lipinski definition) is 6. The SMILES string of the molecule is C[C@@H](NC(=O)[C@H]1CN(S(C)(=O)=O)[C@@H]2CCN(C(=O)[C@@H](NC(=O)OC(C)(C)C)C3CCCCC3)C12)c1ccccc1. The van der Waals surface area contributed by atoms with E-state index in [0.717, 1.165) is 43.9 Å². The van der Waals surface area contributed by atoms with Crippen LogP contribution < -0.4 is 10.6 Å². The summed E-state index contributed by atoms with van der Waals surface area (Å²) in [5.74, 6) is -1.34. The summed E-state index contributed by atoms with van der Waals surface area (Å²) < 4.78 is 32.3. The van der Waals surface area contributed by atoms with Gasteiger partial charge in [-0.2, -0.15) is 4.31 Å². The van der Waals surface area contributed by atoms with Gasteiger partial charge in [0.25, 0.3) is 0 Å². The molecular formula is C29H44N4O6S. The number of fused-ring (bicyclic) bond motifs is 1. The molecule has 3 amide bonds. The van der Waals surface area contributed by atoms with Crippen LogP contribution in [0.3, 0.4) is 0 Å². The minimum atomic E-state index is -3.61. The third-order valence-corrected chi connectivity index (χ3v) is 9.61. The molecule has 1 aromatic carbocycles. The van der Waals surface area contributed by atoms with Gasteiger partial charge in [-0.3, -0.25) is 9.59 Å². The van der Waals surface area contributed by atoms with Crippen LogP contribution in [0.2, 0.25) is 0 Å². The van der Waals surface area contributed by atoms with Crippen LogP contribution in [-0.4, -0.2) is 78.6 Å². The summed E-state index contributed by atoms with van der Waals surface area (Å²) in [6, 6.07) is 7.36. The van der Waals surface area contributed by atoms with E-state index in [9.17, 15) is 22.8 Å². The lowest BCUT2D eigenvalue weighted by Crippen LogP contribution is -2.57. The van der Waals surface area contributed by atoms with Gasteiger partial charge < -0.3 is 20.3 Å². The summed E-state index contributed by atoms with van der Waals surface area (Å²) in [6.45, 7) is 7.53. The van der Waals surface area contributed by atoms with Crippen LogP contribution in [0.5, 0.6) is 0 Å². The zero-order valence-electron chi connectivity index (χ0n) is 24.3. The molecule has 5 atom stereocenters. The molecule has 2 saturated heterocycles. The third-order valence-electron chi connectivity index (χ3n) is 8.34. The number of hydrogen-bond donors (Lipinski definition) is 2. The van der Waals surface area contributed by atoms with Crippen molar-refractivity contribution in [2.75, 3.05) is 19.3 Å². The summed E-state index contributed by atoms with van der Waals surface area (Å²) in [5.41, 5.74) is 0.215. The molecule has 2 aliphatic heterocycles. The Bertz CT molecular complexity index is 1180. The number of ether oxygens (including phenoxy) is 1. The van der Waals surface area contributed by atoms with Crippen LogP contribution in [0.1, 0.15) is 77.8 Å². The Morgan fingerprint density at radius 2 is 1.65 bits per heavy atom. The first-order chi connectivity index (χ1) is 18.8. The Hall–Kier alpha value is -2.66. The number of likely N-dealkylation sites (tertiary alicyclic amines) is 1. The lowest BCUT2D eigenvalue weighted by molar-refractivity contribution is -0.138. The minimum absolute atomic E-state index is 0.0128. The highest BCUT2D eigenvalue weighted by Crippen LogP contribution is 2.39. The molecule has 2 N–H and O–H groups in total. The van der Waals surface area contributed by atoms with E-state index < -0.39 is 45.8 Å². The molecule has 222 valence electrons. The second-order valence-electron chi connectivity index (χ2n) is 12.5. The van der Waals surface area contributed by atoms with Crippen LogP contribution in [0.15, 0.2) is 30.3 Å². The van der Waals surface area contributed by atoms with Crippen molar-refractivity contribution in [1.29, 1.82) is 0 Å². The van der Waals surface area contributed by atoms with Gasteiger partial charge in [0, 0.05) is 19.1 Å². The standard InChI is InChI=1S/C29H44N4O6S/c1-19(20-12-8-6-9-13-20)30-26(34)22-18-33(40(5,37)38)23-16-17-32(25(22)23)27(35)24(21-14-10-7-11-15-21)31-28(36)39-29(2,3)4/h6,8-9,12-13,19,21-25H,7,10-11,14-18H2,1-5H3,(H,30,34)(H,31,36)/t19-,22+,23-,24+,25?/m1/s1. The minimum Gasteiger partial charge on any atom is -0.444 e. The summed E-state index contributed by atoms with van der Waals surface area (Å²) in [7, 11) is -3.61. The molecule has 0 spiro atoms. The van der Waals surface area contributed by atoms with Crippen molar-refractivity contribution in [3.63, 3.8) is 0 Å². The number of carbonyl (C=O) groups excluding carboxylic acids is 3. The highest BCUT2D eigenvalue weighted by Gasteiger charge is 2.56. The lowest BCUT2D eigenvalue weighted by Gasteiger charge is -2.36. The average molecular weight is 577 g/mol.